The molecule has 138 valence electrons. The summed E-state index contributed by atoms with van der Waals surface area (Å²) in [5.41, 5.74) is 3.76. The van der Waals surface area contributed by atoms with Crippen molar-refractivity contribution in [2.45, 2.75) is 13.8 Å². The number of hydrogen-bond donors (Lipinski definition) is 1. The predicted octanol–water partition coefficient (Wildman–Crippen LogP) is 3.40. The molecule has 1 amide bonds. The average Bonchev–Trinajstić information content (AvgIpc) is 2.65. The molecule has 5 heteroatoms. The van der Waals surface area contributed by atoms with E-state index in [0.717, 1.165) is 43.2 Å². The van der Waals surface area contributed by atoms with Gasteiger partial charge in [0.25, 0.3) is 5.91 Å². The summed E-state index contributed by atoms with van der Waals surface area (Å²) in [5, 5.41) is 3.01. The van der Waals surface area contributed by atoms with Gasteiger partial charge in [0.15, 0.2) is 0 Å². The van der Waals surface area contributed by atoms with Crippen LogP contribution in [0.5, 0.6) is 5.75 Å². The number of carbonyl (C=O) groups is 1. The van der Waals surface area contributed by atoms with E-state index in [1.54, 1.807) is 12.1 Å². The van der Waals surface area contributed by atoms with E-state index in [-0.39, 0.29) is 5.91 Å². The second-order valence-corrected chi connectivity index (χ2v) is 6.70. The van der Waals surface area contributed by atoms with Crippen LogP contribution in [0.25, 0.3) is 0 Å². The second kappa shape index (κ2) is 8.23. The summed E-state index contributed by atoms with van der Waals surface area (Å²) in [6, 6.07) is 13.5. The lowest BCUT2D eigenvalue weighted by Gasteiger charge is -2.34. The smallest absolute Gasteiger partial charge is 0.255 e. The third-order valence-electron chi connectivity index (χ3n) is 4.75. The van der Waals surface area contributed by atoms with Crippen molar-refractivity contribution in [3.8, 4) is 5.75 Å². The molecule has 0 spiro atoms. The van der Waals surface area contributed by atoms with Crippen molar-refractivity contribution in [3.63, 3.8) is 0 Å². The molecular weight excluding hydrogens is 326 g/mol. The number of nitrogens with one attached hydrogen (secondary N) is 1. The number of hydrogen-bond acceptors (Lipinski definition) is 4. The molecule has 1 fully saturated rings. The summed E-state index contributed by atoms with van der Waals surface area (Å²) in [5.74, 6) is 0.667. The number of likely N-dealkylation sites (N-methyl/N-ethyl adjacent to an activating group) is 1. The number of ether oxygens (including phenoxy) is 1. The Hall–Kier alpha value is -2.53. The topological polar surface area (TPSA) is 44.8 Å². The van der Waals surface area contributed by atoms with Gasteiger partial charge in [-0.1, -0.05) is 0 Å². The van der Waals surface area contributed by atoms with Gasteiger partial charge in [0.05, 0.1) is 6.61 Å². The fraction of sp³-hybridized carbons (Fsp3) is 0.381. The summed E-state index contributed by atoms with van der Waals surface area (Å²) in [6.07, 6.45) is 0. The standard InChI is InChI=1S/C21H27N3O2/c1-4-26-19-8-5-17(6-9-19)21(25)22-20-10-7-18(15-16(20)2)24-13-11-23(3)12-14-24/h5-10,15H,4,11-14H2,1-3H3,(H,22,25). The number of carbonyl (C=O) groups excluding carboxylic acids is 1. The van der Waals surface area contributed by atoms with Gasteiger partial charge < -0.3 is 19.9 Å². The van der Waals surface area contributed by atoms with Gasteiger partial charge in [-0.3, -0.25) is 4.79 Å². The summed E-state index contributed by atoms with van der Waals surface area (Å²) < 4.78 is 5.42. The number of aryl methyl sites for hydroxylation is 1. The van der Waals surface area contributed by atoms with Crippen molar-refractivity contribution >= 4 is 17.3 Å². The predicted molar refractivity (Wildman–Crippen MR) is 106 cm³/mol. The van der Waals surface area contributed by atoms with Gasteiger partial charge in [-0.15, -0.1) is 0 Å². The normalized spacial score (nSPS) is 15.0. The molecule has 0 bridgehead atoms. The maximum atomic E-state index is 12.5. The van der Waals surface area contributed by atoms with E-state index in [0.29, 0.717) is 12.2 Å². The van der Waals surface area contributed by atoms with E-state index in [2.05, 4.69) is 34.3 Å². The number of rotatable bonds is 5. The molecule has 5 nitrogen and oxygen atoms in total. The minimum Gasteiger partial charge on any atom is -0.494 e. The van der Waals surface area contributed by atoms with Gasteiger partial charge in [-0.2, -0.15) is 0 Å². The molecule has 1 aliphatic heterocycles. The van der Waals surface area contributed by atoms with E-state index in [9.17, 15) is 4.79 Å². The molecule has 1 saturated heterocycles. The first-order valence-corrected chi connectivity index (χ1v) is 9.15. The van der Waals surface area contributed by atoms with Crippen molar-refractivity contribution in [2.24, 2.45) is 0 Å². The molecule has 0 aromatic heterocycles. The Morgan fingerprint density at radius 3 is 2.38 bits per heavy atom. The van der Waals surface area contributed by atoms with E-state index >= 15 is 0 Å². The van der Waals surface area contributed by atoms with Crippen molar-refractivity contribution in [3.05, 3.63) is 53.6 Å². The maximum Gasteiger partial charge on any atom is 0.255 e. The van der Waals surface area contributed by atoms with Crippen LogP contribution in [0, 0.1) is 6.92 Å². The second-order valence-electron chi connectivity index (χ2n) is 6.70. The molecule has 3 rings (SSSR count). The number of piperazine rings is 1. The molecule has 0 saturated carbocycles. The highest BCUT2D eigenvalue weighted by molar-refractivity contribution is 6.04. The van der Waals surface area contributed by atoms with Crippen molar-refractivity contribution in [1.82, 2.24) is 4.90 Å². The summed E-state index contributed by atoms with van der Waals surface area (Å²) in [7, 11) is 2.15. The lowest BCUT2D eigenvalue weighted by molar-refractivity contribution is 0.102. The molecule has 1 heterocycles. The Labute approximate surface area is 155 Å². The van der Waals surface area contributed by atoms with Gasteiger partial charge in [0.1, 0.15) is 5.75 Å². The zero-order valence-corrected chi connectivity index (χ0v) is 15.8. The van der Waals surface area contributed by atoms with Gasteiger partial charge in [0, 0.05) is 43.1 Å². The molecular formula is C21H27N3O2. The van der Waals surface area contributed by atoms with E-state index in [1.165, 1.54) is 5.69 Å². The largest absolute Gasteiger partial charge is 0.494 e. The monoisotopic (exact) mass is 353 g/mol. The fourth-order valence-electron chi connectivity index (χ4n) is 3.11. The van der Waals surface area contributed by atoms with E-state index < -0.39 is 0 Å². The fourth-order valence-corrected chi connectivity index (χ4v) is 3.11. The Balaban J connectivity index is 1.66. The average molecular weight is 353 g/mol. The molecule has 0 unspecified atom stereocenters. The van der Waals surface area contributed by atoms with Gasteiger partial charge >= 0.3 is 0 Å². The highest BCUT2D eigenvalue weighted by atomic mass is 16.5. The molecule has 2 aromatic rings. The van der Waals surface area contributed by atoms with Gasteiger partial charge in [0.2, 0.25) is 0 Å². The molecule has 1 aliphatic rings. The van der Waals surface area contributed by atoms with Crippen LogP contribution in [0.4, 0.5) is 11.4 Å². The molecule has 0 radical (unpaired) electrons. The van der Waals surface area contributed by atoms with Crippen LogP contribution in [0.15, 0.2) is 42.5 Å². The lowest BCUT2D eigenvalue weighted by atomic mass is 10.1. The third kappa shape index (κ3) is 4.35. The van der Waals surface area contributed by atoms with Crippen molar-refractivity contribution < 1.29 is 9.53 Å². The van der Waals surface area contributed by atoms with Gasteiger partial charge in [-0.25, -0.2) is 0 Å². The third-order valence-corrected chi connectivity index (χ3v) is 4.75. The number of benzene rings is 2. The van der Waals surface area contributed by atoms with E-state index in [1.807, 2.05) is 32.0 Å². The highest BCUT2D eigenvalue weighted by Gasteiger charge is 2.15. The zero-order chi connectivity index (χ0) is 18.5. The zero-order valence-electron chi connectivity index (χ0n) is 15.8. The summed E-state index contributed by atoms with van der Waals surface area (Å²) in [6.45, 7) is 8.82. The highest BCUT2D eigenvalue weighted by Crippen LogP contribution is 2.24. The van der Waals surface area contributed by atoms with Crippen LogP contribution < -0.4 is 15.0 Å². The quantitative estimate of drug-likeness (QED) is 0.895. The summed E-state index contributed by atoms with van der Waals surface area (Å²) >= 11 is 0. The minimum absolute atomic E-state index is 0.108. The van der Waals surface area contributed by atoms with E-state index in [4.69, 9.17) is 4.74 Å². The minimum atomic E-state index is -0.108. The van der Waals surface area contributed by atoms with Crippen LogP contribution in [-0.4, -0.2) is 50.6 Å². The molecule has 0 atom stereocenters. The summed E-state index contributed by atoms with van der Waals surface area (Å²) in [4.78, 5) is 17.2. The molecule has 1 N–H and O–H groups in total. The Bertz CT molecular complexity index is 750. The first-order valence-electron chi connectivity index (χ1n) is 9.15. The Kier molecular flexibility index (Phi) is 5.78. The first kappa shape index (κ1) is 18.3. The SMILES string of the molecule is CCOc1ccc(C(=O)Nc2ccc(N3CCN(C)CC3)cc2C)cc1. The van der Waals surface area contributed by atoms with Crippen LogP contribution in [0.2, 0.25) is 0 Å². The van der Waals surface area contributed by atoms with Crippen LogP contribution in [0.1, 0.15) is 22.8 Å². The van der Waals surface area contributed by atoms with Crippen LogP contribution in [-0.2, 0) is 0 Å². The number of amides is 1. The Morgan fingerprint density at radius 1 is 1.08 bits per heavy atom. The van der Waals surface area contributed by atoms with Crippen LogP contribution in [0.3, 0.4) is 0 Å². The first-order chi connectivity index (χ1) is 12.6. The Morgan fingerprint density at radius 2 is 1.77 bits per heavy atom. The number of nitrogens with zero attached hydrogens (tertiary/aromatic N) is 2. The molecule has 26 heavy (non-hydrogen) atoms. The molecule has 0 aliphatic carbocycles. The maximum absolute atomic E-state index is 12.5. The lowest BCUT2D eigenvalue weighted by Crippen LogP contribution is -2.44. The number of anilines is 2. The van der Waals surface area contributed by atoms with Crippen LogP contribution >= 0.6 is 0 Å². The van der Waals surface area contributed by atoms with Crippen molar-refractivity contribution in [1.29, 1.82) is 0 Å². The van der Waals surface area contributed by atoms with Crippen molar-refractivity contribution in [2.75, 3.05) is 50.1 Å². The van der Waals surface area contributed by atoms with Gasteiger partial charge in [-0.05, 0) is 68.9 Å². The molecule has 2 aromatic carbocycles.